The lowest BCUT2D eigenvalue weighted by atomic mass is 10.2. The normalized spacial score (nSPS) is 10.5. The molecule has 0 aliphatic rings. The minimum absolute atomic E-state index is 0.424. The van der Waals surface area contributed by atoms with Crippen molar-refractivity contribution in [3.8, 4) is 10.6 Å². The summed E-state index contributed by atoms with van der Waals surface area (Å²) in [5, 5.41) is 3.03. The third-order valence-corrected chi connectivity index (χ3v) is 4.00. The molecule has 104 valence electrons. The van der Waals surface area contributed by atoms with Crippen molar-refractivity contribution in [3.05, 3.63) is 71.5 Å². The molecule has 0 saturated carbocycles. The number of rotatable bonds is 4. The van der Waals surface area contributed by atoms with Gasteiger partial charge in [0.1, 0.15) is 16.3 Å². The van der Waals surface area contributed by atoms with E-state index in [1.165, 1.54) is 0 Å². The Kier molecular flexibility index (Phi) is 3.75. The Balaban J connectivity index is 1.82. The molecule has 0 saturated heterocycles. The molecule has 3 aromatic rings. The number of pyridine rings is 1. The molecule has 2 aromatic heterocycles. The molecule has 3 rings (SSSR count). The predicted molar refractivity (Wildman–Crippen MR) is 81.8 cm³/mol. The van der Waals surface area contributed by atoms with Crippen LogP contribution in [0, 0.1) is 0 Å². The summed E-state index contributed by atoms with van der Waals surface area (Å²) < 4.78 is 1.91. The maximum Gasteiger partial charge on any atom is 0.254 e. The first-order valence-corrected chi connectivity index (χ1v) is 7.39. The van der Waals surface area contributed by atoms with Gasteiger partial charge in [0.05, 0.1) is 0 Å². The molecule has 1 aromatic carbocycles. The Hall–Kier alpha value is -2.53. The first-order chi connectivity index (χ1) is 10.2. The van der Waals surface area contributed by atoms with Crippen LogP contribution in [0.2, 0.25) is 0 Å². The molecule has 21 heavy (non-hydrogen) atoms. The van der Waals surface area contributed by atoms with Crippen molar-refractivity contribution in [2.24, 2.45) is 5.73 Å². The van der Waals surface area contributed by atoms with Gasteiger partial charge in [0, 0.05) is 17.0 Å². The van der Waals surface area contributed by atoms with E-state index in [1.807, 2.05) is 52.5 Å². The van der Waals surface area contributed by atoms with E-state index in [9.17, 15) is 4.79 Å². The molecule has 0 fully saturated rings. The van der Waals surface area contributed by atoms with E-state index in [4.69, 9.17) is 5.73 Å². The number of carbonyl (C=O) groups excluding carboxylic acids is 1. The molecule has 2 heterocycles. The van der Waals surface area contributed by atoms with Crippen LogP contribution in [0.4, 0.5) is 0 Å². The molecule has 0 unspecified atom stereocenters. The molecular weight excluding hydrogens is 282 g/mol. The lowest BCUT2D eigenvalue weighted by Gasteiger charge is -1.96. The largest absolute Gasteiger partial charge is 0.365 e. The number of hydrogen-bond donors (Lipinski definition) is 1. The lowest BCUT2D eigenvalue weighted by Crippen LogP contribution is -2.35. The van der Waals surface area contributed by atoms with Crippen LogP contribution in [0.15, 0.2) is 60.2 Å². The molecule has 0 atom stereocenters. The number of benzene rings is 1. The summed E-state index contributed by atoms with van der Waals surface area (Å²) in [7, 11) is 0. The van der Waals surface area contributed by atoms with Crippen LogP contribution < -0.4 is 10.3 Å². The van der Waals surface area contributed by atoms with Crippen LogP contribution in [0.3, 0.4) is 0 Å². The van der Waals surface area contributed by atoms with Crippen molar-refractivity contribution >= 4 is 17.2 Å². The van der Waals surface area contributed by atoms with Gasteiger partial charge in [-0.3, -0.25) is 4.79 Å². The number of thiazole rings is 1. The van der Waals surface area contributed by atoms with Gasteiger partial charge in [-0.2, -0.15) is 4.57 Å². The molecule has 0 spiro atoms. The lowest BCUT2D eigenvalue weighted by molar-refractivity contribution is -0.688. The van der Waals surface area contributed by atoms with Crippen LogP contribution in [-0.2, 0) is 6.54 Å². The highest BCUT2D eigenvalue weighted by Gasteiger charge is 2.11. The number of carbonyl (C=O) groups is 1. The molecule has 5 heteroatoms. The summed E-state index contributed by atoms with van der Waals surface area (Å²) in [6.45, 7) is 0.616. The second-order valence-electron chi connectivity index (χ2n) is 4.64. The Labute approximate surface area is 126 Å². The molecule has 0 aliphatic carbocycles. The number of nitrogens with two attached hydrogens (primary N) is 1. The number of primary amides is 1. The zero-order valence-electron chi connectivity index (χ0n) is 11.3. The van der Waals surface area contributed by atoms with Crippen LogP contribution in [0.5, 0.6) is 0 Å². The maximum absolute atomic E-state index is 11.2. The SMILES string of the molecule is NC(=O)c1ccc[n+](Cc2csc(-c3ccccc3)n2)c1. The van der Waals surface area contributed by atoms with Crippen molar-refractivity contribution in [2.45, 2.75) is 6.54 Å². The van der Waals surface area contributed by atoms with Crippen molar-refractivity contribution in [3.63, 3.8) is 0 Å². The monoisotopic (exact) mass is 296 g/mol. The van der Waals surface area contributed by atoms with Gasteiger partial charge in [0.25, 0.3) is 5.91 Å². The summed E-state index contributed by atoms with van der Waals surface area (Å²) in [5.74, 6) is -0.424. The smallest absolute Gasteiger partial charge is 0.254 e. The molecule has 0 aliphatic heterocycles. The summed E-state index contributed by atoms with van der Waals surface area (Å²) >= 11 is 1.62. The Morgan fingerprint density at radius 2 is 2.00 bits per heavy atom. The van der Waals surface area contributed by atoms with Gasteiger partial charge >= 0.3 is 0 Å². The van der Waals surface area contributed by atoms with Gasteiger partial charge < -0.3 is 5.73 Å². The third kappa shape index (κ3) is 3.14. The molecule has 2 N–H and O–H groups in total. The second-order valence-corrected chi connectivity index (χ2v) is 5.50. The zero-order valence-corrected chi connectivity index (χ0v) is 12.1. The topological polar surface area (TPSA) is 59.9 Å². The summed E-state index contributed by atoms with van der Waals surface area (Å²) in [5.41, 5.74) is 7.87. The molecule has 1 amide bonds. The fourth-order valence-corrected chi connectivity index (χ4v) is 2.86. The fourth-order valence-electron chi connectivity index (χ4n) is 2.05. The first-order valence-electron chi connectivity index (χ1n) is 6.51. The van der Waals surface area contributed by atoms with E-state index in [0.717, 1.165) is 16.3 Å². The van der Waals surface area contributed by atoms with E-state index in [1.54, 1.807) is 23.6 Å². The average molecular weight is 296 g/mol. The van der Waals surface area contributed by atoms with E-state index in [2.05, 4.69) is 4.98 Å². The van der Waals surface area contributed by atoms with Crippen LogP contribution in [-0.4, -0.2) is 10.9 Å². The zero-order chi connectivity index (χ0) is 14.7. The van der Waals surface area contributed by atoms with Crippen LogP contribution >= 0.6 is 11.3 Å². The highest BCUT2D eigenvalue weighted by Crippen LogP contribution is 2.23. The Morgan fingerprint density at radius 3 is 2.76 bits per heavy atom. The standard InChI is InChI=1S/C16H13N3OS/c17-15(20)13-7-4-8-19(9-13)10-14-11-21-16(18-14)12-5-2-1-3-6-12/h1-9,11H,10H2,(H-,17,20)/p+1. The first kappa shape index (κ1) is 13.5. The van der Waals surface area contributed by atoms with Crippen molar-refractivity contribution in [1.29, 1.82) is 0 Å². The number of amides is 1. The highest BCUT2D eigenvalue weighted by molar-refractivity contribution is 7.13. The Bertz CT molecular complexity index is 768. The van der Waals surface area contributed by atoms with Gasteiger partial charge in [-0.25, -0.2) is 4.98 Å². The third-order valence-electron chi connectivity index (χ3n) is 3.06. The van der Waals surface area contributed by atoms with Crippen molar-refractivity contribution in [1.82, 2.24) is 4.98 Å². The van der Waals surface area contributed by atoms with E-state index < -0.39 is 5.91 Å². The number of hydrogen-bond acceptors (Lipinski definition) is 3. The van der Waals surface area contributed by atoms with Gasteiger partial charge in [0.2, 0.25) is 0 Å². The van der Waals surface area contributed by atoms with Gasteiger partial charge in [0.15, 0.2) is 18.9 Å². The average Bonchev–Trinajstić information content (AvgIpc) is 2.97. The maximum atomic E-state index is 11.2. The van der Waals surface area contributed by atoms with Crippen LogP contribution in [0.25, 0.3) is 10.6 Å². The van der Waals surface area contributed by atoms with Crippen molar-refractivity contribution in [2.75, 3.05) is 0 Å². The summed E-state index contributed by atoms with van der Waals surface area (Å²) in [6, 6.07) is 13.6. The quantitative estimate of drug-likeness (QED) is 0.751. The van der Waals surface area contributed by atoms with Gasteiger partial charge in [-0.15, -0.1) is 11.3 Å². The summed E-state index contributed by atoms with van der Waals surface area (Å²) in [6.07, 6.45) is 3.64. The minimum Gasteiger partial charge on any atom is -0.365 e. The van der Waals surface area contributed by atoms with E-state index in [-0.39, 0.29) is 0 Å². The second kappa shape index (κ2) is 5.85. The predicted octanol–water partition coefficient (Wildman–Crippen LogP) is 2.24. The molecule has 0 radical (unpaired) electrons. The number of nitrogens with zero attached hydrogens (tertiary/aromatic N) is 2. The van der Waals surface area contributed by atoms with Gasteiger partial charge in [-0.1, -0.05) is 30.3 Å². The molecule has 0 bridgehead atoms. The van der Waals surface area contributed by atoms with Crippen molar-refractivity contribution < 1.29 is 9.36 Å². The minimum atomic E-state index is -0.424. The van der Waals surface area contributed by atoms with E-state index in [0.29, 0.717) is 12.1 Å². The highest BCUT2D eigenvalue weighted by atomic mass is 32.1. The Morgan fingerprint density at radius 1 is 1.19 bits per heavy atom. The fraction of sp³-hybridized carbons (Fsp3) is 0.0625. The summed E-state index contributed by atoms with van der Waals surface area (Å²) in [4.78, 5) is 15.8. The molecular formula is C16H14N3OS+. The molecule has 4 nitrogen and oxygen atoms in total. The van der Waals surface area contributed by atoms with E-state index >= 15 is 0 Å². The van der Waals surface area contributed by atoms with Gasteiger partial charge in [-0.05, 0) is 6.07 Å². The number of aromatic nitrogens is 2. The van der Waals surface area contributed by atoms with Crippen LogP contribution in [0.1, 0.15) is 16.1 Å².